The van der Waals surface area contributed by atoms with E-state index in [9.17, 15) is 19.5 Å². The van der Waals surface area contributed by atoms with Gasteiger partial charge in [0.1, 0.15) is 6.61 Å². The van der Waals surface area contributed by atoms with E-state index in [1.165, 1.54) is 4.90 Å². The molecule has 1 aliphatic carbocycles. The standard InChI is InChI=1S/C27H24N2O5/c30-25(29-14-13-17(15-29)26(31)32)22-11-5-6-12-24(22)28-27(33)34-16-23-20-9-3-1-7-18(20)19-8-2-4-10-21(19)23/h1-12,17,23H,13-16H2,(H,28,33)(H,31,32). The molecule has 1 fully saturated rings. The Balaban J connectivity index is 1.28. The summed E-state index contributed by atoms with van der Waals surface area (Å²) < 4.78 is 5.60. The maximum absolute atomic E-state index is 13.0. The van der Waals surface area contributed by atoms with E-state index in [0.29, 0.717) is 24.2 Å². The number of ether oxygens (including phenoxy) is 1. The van der Waals surface area contributed by atoms with Crippen LogP contribution in [0.1, 0.15) is 33.8 Å². The summed E-state index contributed by atoms with van der Waals surface area (Å²) in [6.07, 6.45) is -0.227. The number of fused-ring (bicyclic) bond motifs is 3. The highest BCUT2D eigenvalue weighted by atomic mass is 16.5. The Morgan fingerprint density at radius 1 is 0.912 bits per heavy atom. The first-order valence-corrected chi connectivity index (χ1v) is 11.3. The molecule has 0 spiro atoms. The predicted octanol–water partition coefficient (Wildman–Crippen LogP) is 4.59. The molecule has 1 heterocycles. The fourth-order valence-electron chi connectivity index (χ4n) is 4.84. The van der Waals surface area contributed by atoms with Crippen LogP contribution in [0.3, 0.4) is 0 Å². The number of anilines is 1. The zero-order valence-corrected chi connectivity index (χ0v) is 18.4. The molecule has 1 saturated heterocycles. The second-order valence-corrected chi connectivity index (χ2v) is 8.57. The molecule has 3 aromatic rings. The van der Waals surface area contributed by atoms with Crippen molar-refractivity contribution in [2.24, 2.45) is 5.92 Å². The molecule has 2 amide bonds. The normalized spacial score (nSPS) is 16.6. The Morgan fingerprint density at radius 3 is 2.18 bits per heavy atom. The number of hydrogen-bond donors (Lipinski definition) is 2. The first-order valence-electron chi connectivity index (χ1n) is 11.3. The number of hydrogen-bond acceptors (Lipinski definition) is 4. The molecular weight excluding hydrogens is 432 g/mol. The highest BCUT2D eigenvalue weighted by Gasteiger charge is 2.32. The minimum Gasteiger partial charge on any atom is -0.481 e. The maximum atomic E-state index is 13.0. The zero-order valence-electron chi connectivity index (χ0n) is 18.4. The van der Waals surface area contributed by atoms with Gasteiger partial charge in [-0.25, -0.2) is 4.79 Å². The van der Waals surface area contributed by atoms with E-state index in [4.69, 9.17) is 4.74 Å². The molecule has 34 heavy (non-hydrogen) atoms. The number of carboxylic acid groups (broad SMARTS) is 1. The van der Waals surface area contributed by atoms with Crippen molar-refractivity contribution in [1.29, 1.82) is 0 Å². The number of benzene rings is 3. The van der Waals surface area contributed by atoms with Crippen molar-refractivity contribution >= 4 is 23.7 Å². The molecule has 5 rings (SSSR count). The predicted molar refractivity (Wildman–Crippen MR) is 127 cm³/mol. The number of carbonyl (C=O) groups excluding carboxylic acids is 2. The fraction of sp³-hybridized carbons (Fsp3) is 0.222. The molecule has 1 aliphatic heterocycles. The number of carboxylic acids is 1. The van der Waals surface area contributed by atoms with Gasteiger partial charge >= 0.3 is 12.1 Å². The van der Waals surface area contributed by atoms with Gasteiger partial charge in [-0.05, 0) is 40.8 Å². The van der Waals surface area contributed by atoms with Gasteiger partial charge in [0.2, 0.25) is 0 Å². The molecule has 1 atom stereocenters. The molecule has 172 valence electrons. The van der Waals surface area contributed by atoms with Crippen LogP contribution < -0.4 is 5.32 Å². The lowest BCUT2D eigenvalue weighted by Gasteiger charge is -2.19. The summed E-state index contributed by atoms with van der Waals surface area (Å²) in [5.74, 6) is -1.84. The summed E-state index contributed by atoms with van der Waals surface area (Å²) in [5.41, 5.74) is 5.18. The largest absolute Gasteiger partial charge is 0.481 e. The van der Waals surface area contributed by atoms with Crippen molar-refractivity contribution in [3.05, 3.63) is 89.5 Å². The summed E-state index contributed by atoms with van der Waals surface area (Å²) in [6, 6.07) is 22.9. The molecule has 1 unspecified atom stereocenters. The van der Waals surface area contributed by atoms with Crippen LogP contribution in [-0.2, 0) is 9.53 Å². The quantitative estimate of drug-likeness (QED) is 0.585. The Morgan fingerprint density at radius 2 is 1.53 bits per heavy atom. The van der Waals surface area contributed by atoms with Gasteiger partial charge in [0.05, 0.1) is 17.2 Å². The Kier molecular flexibility index (Phi) is 5.76. The molecule has 7 nitrogen and oxygen atoms in total. The van der Waals surface area contributed by atoms with Crippen molar-refractivity contribution in [1.82, 2.24) is 4.90 Å². The van der Waals surface area contributed by atoms with Crippen LogP contribution in [0.5, 0.6) is 0 Å². The number of aliphatic carboxylic acids is 1. The van der Waals surface area contributed by atoms with Crippen LogP contribution in [0.15, 0.2) is 72.8 Å². The van der Waals surface area contributed by atoms with Crippen LogP contribution in [0.25, 0.3) is 11.1 Å². The summed E-state index contributed by atoms with van der Waals surface area (Å²) in [4.78, 5) is 38.4. The van der Waals surface area contributed by atoms with E-state index >= 15 is 0 Å². The highest BCUT2D eigenvalue weighted by Crippen LogP contribution is 2.44. The monoisotopic (exact) mass is 456 g/mol. The van der Waals surface area contributed by atoms with Gasteiger partial charge in [0.25, 0.3) is 5.91 Å². The van der Waals surface area contributed by atoms with Gasteiger partial charge in [-0.15, -0.1) is 0 Å². The topological polar surface area (TPSA) is 95.9 Å². The van der Waals surface area contributed by atoms with Crippen molar-refractivity contribution in [3.63, 3.8) is 0 Å². The Hall–Kier alpha value is -4.13. The third-order valence-corrected chi connectivity index (χ3v) is 6.56. The fourth-order valence-corrected chi connectivity index (χ4v) is 4.84. The van der Waals surface area contributed by atoms with Gasteiger partial charge in [-0.2, -0.15) is 0 Å². The lowest BCUT2D eigenvalue weighted by Crippen LogP contribution is -2.31. The lowest BCUT2D eigenvalue weighted by molar-refractivity contribution is -0.141. The average Bonchev–Trinajstić information content (AvgIpc) is 3.47. The molecule has 3 aromatic carbocycles. The minimum atomic E-state index is -0.902. The van der Waals surface area contributed by atoms with Gasteiger partial charge in [0.15, 0.2) is 0 Å². The van der Waals surface area contributed by atoms with Crippen molar-refractivity contribution in [2.45, 2.75) is 12.3 Å². The van der Waals surface area contributed by atoms with E-state index in [1.807, 2.05) is 24.3 Å². The van der Waals surface area contributed by atoms with E-state index in [2.05, 4.69) is 29.6 Å². The van der Waals surface area contributed by atoms with Crippen molar-refractivity contribution in [3.8, 4) is 11.1 Å². The number of likely N-dealkylation sites (tertiary alicyclic amines) is 1. The van der Waals surface area contributed by atoms with Crippen LogP contribution in [-0.4, -0.2) is 47.7 Å². The number of nitrogens with zero attached hydrogens (tertiary/aromatic N) is 1. The molecular formula is C27H24N2O5. The summed E-state index contributed by atoms with van der Waals surface area (Å²) in [5, 5.41) is 11.9. The van der Waals surface area contributed by atoms with Gasteiger partial charge in [0, 0.05) is 19.0 Å². The molecule has 0 saturated carbocycles. The second-order valence-electron chi connectivity index (χ2n) is 8.57. The summed E-state index contributed by atoms with van der Waals surface area (Å²) in [6.45, 7) is 0.699. The molecule has 0 bridgehead atoms. The van der Waals surface area contributed by atoms with Gasteiger partial charge in [-0.1, -0.05) is 60.7 Å². The van der Waals surface area contributed by atoms with E-state index in [0.717, 1.165) is 22.3 Å². The van der Waals surface area contributed by atoms with Crippen LogP contribution in [0.4, 0.5) is 10.5 Å². The van der Waals surface area contributed by atoms with Crippen molar-refractivity contribution in [2.75, 3.05) is 25.0 Å². The first kappa shape index (κ1) is 21.7. The molecule has 2 N–H and O–H groups in total. The number of rotatable bonds is 5. The number of nitrogens with one attached hydrogen (secondary N) is 1. The van der Waals surface area contributed by atoms with Crippen LogP contribution in [0.2, 0.25) is 0 Å². The smallest absolute Gasteiger partial charge is 0.411 e. The first-order chi connectivity index (χ1) is 16.5. The Labute approximate surface area is 197 Å². The third-order valence-electron chi connectivity index (χ3n) is 6.56. The SMILES string of the molecule is O=C(Nc1ccccc1C(=O)N1CCC(C(=O)O)C1)OCC1c2ccccc2-c2ccccc21. The average molecular weight is 456 g/mol. The van der Waals surface area contributed by atoms with E-state index < -0.39 is 18.0 Å². The zero-order chi connectivity index (χ0) is 23.7. The number of carbonyl (C=O) groups is 3. The third kappa shape index (κ3) is 4.01. The second kappa shape index (κ2) is 9.02. The molecule has 0 aromatic heterocycles. The molecule has 2 aliphatic rings. The number of para-hydroxylation sites is 1. The highest BCUT2D eigenvalue weighted by molar-refractivity contribution is 6.03. The van der Waals surface area contributed by atoms with Gasteiger partial charge in [-0.3, -0.25) is 14.9 Å². The van der Waals surface area contributed by atoms with Crippen LogP contribution in [0, 0.1) is 5.92 Å². The molecule has 7 heteroatoms. The van der Waals surface area contributed by atoms with Crippen LogP contribution >= 0.6 is 0 Å². The summed E-state index contributed by atoms with van der Waals surface area (Å²) in [7, 11) is 0. The van der Waals surface area contributed by atoms with Gasteiger partial charge < -0.3 is 14.7 Å². The Bertz CT molecular complexity index is 1230. The van der Waals surface area contributed by atoms with Crippen molar-refractivity contribution < 1.29 is 24.2 Å². The van der Waals surface area contributed by atoms with E-state index in [-0.39, 0.29) is 25.0 Å². The minimum absolute atomic E-state index is 0.0624. The molecule has 0 radical (unpaired) electrons. The lowest BCUT2D eigenvalue weighted by atomic mass is 9.98. The number of amides is 2. The summed E-state index contributed by atoms with van der Waals surface area (Å²) >= 11 is 0. The maximum Gasteiger partial charge on any atom is 0.411 e. The van der Waals surface area contributed by atoms with E-state index in [1.54, 1.807) is 24.3 Å².